The van der Waals surface area contributed by atoms with Crippen molar-refractivity contribution in [2.45, 2.75) is 38.1 Å². The molecule has 0 bridgehead atoms. The molecule has 1 aliphatic carbocycles. The predicted molar refractivity (Wildman–Crippen MR) is 78.1 cm³/mol. The molecule has 1 fully saturated rings. The Balaban J connectivity index is 2.11. The predicted octanol–water partition coefficient (Wildman–Crippen LogP) is 2.60. The number of carbonyl (C=O) groups is 1. The number of nitrogens with zero attached hydrogens (tertiary/aromatic N) is 1. The van der Waals surface area contributed by atoms with E-state index in [1.807, 2.05) is 0 Å². The molecule has 1 aromatic carbocycles. The van der Waals surface area contributed by atoms with Gasteiger partial charge in [0.2, 0.25) is 0 Å². The van der Waals surface area contributed by atoms with Crippen LogP contribution in [-0.4, -0.2) is 24.2 Å². The maximum atomic E-state index is 12.3. The fourth-order valence-electron chi connectivity index (χ4n) is 2.81. The van der Waals surface area contributed by atoms with Crippen LogP contribution in [0.15, 0.2) is 18.2 Å². The van der Waals surface area contributed by atoms with Gasteiger partial charge in [0.1, 0.15) is 6.04 Å². The van der Waals surface area contributed by atoms with Crippen molar-refractivity contribution in [3.8, 4) is 17.6 Å². The Kier molecular flexibility index (Phi) is 5.04. The van der Waals surface area contributed by atoms with Crippen LogP contribution in [0.3, 0.4) is 0 Å². The number of phenolic OH excluding ortho intramolecular Hbond substituents is 1. The van der Waals surface area contributed by atoms with Gasteiger partial charge in [-0.05, 0) is 30.9 Å². The van der Waals surface area contributed by atoms with E-state index in [0.717, 1.165) is 25.7 Å². The second-order valence-corrected chi connectivity index (χ2v) is 5.33. The lowest BCUT2D eigenvalue weighted by molar-refractivity contribution is 0.0925. The summed E-state index contributed by atoms with van der Waals surface area (Å²) in [7, 11) is 1.43. The number of nitrogens with one attached hydrogen (secondary N) is 1. The Morgan fingerprint density at radius 3 is 2.76 bits per heavy atom. The molecule has 1 unspecified atom stereocenters. The average Bonchev–Trinajstić information content (AvgIpc) is 2.53. The van der Waals surface area contributed by atoms with Crippen LogP contribution in [0.25, 0.3) is 0 Å². The number of nitriles is 1. The molecule has 1 aromatic rings. The summed E-state index contributed by atoms with van der Waals surface area (Å²) in [5, 5.41) is 22.0. The molecule has 0 aliphatic heterocycles. The van der Waals surface area contributed by atoms with E-state index >= 15 is 0 Å². The third-order valence-corrected chi connectivity index (χ3v) is 4.01. The van der Waals surface area contributed by atoms with Crippen LogP contribution < -0.4 is 10.1 Å². The lowest BCUT2D eigenvalue weighted by Gasteiger charge is -2.26. The number of aromatic hydroxyl groups is 1. The molecule has 1 atom stereocenters. The number of methoxy groups -OCH3 is 1. The number of hydrogen-bond acceptors (Lipinski definition) is 4. The van der Waals surface area contributed by atoms with Gasteiger partial charge in [0, 0.05) is 0 Å². The minimum Gasteiger partial charge on any atom is -0.504 e. The second-order valence-electron chi connectivity index (χ2n) is 5.33. The van der Waals surface area contributed by atoms with Gasteiger partial charge < -0.3 is 15.2 Å². The van der Waals surface area contributed by atoms with Gasteiger partial charge in [-0.3, -0.25) is 4.79 Å². The number of ether oxygens (including phenoxy) is 1. The first-order valence-electron chi connectivity index (χ1n) is 7.23. The summed E-state index contributed by atoms with van der Waals surface area (Å²) in [6.45, 7) is 0. The van der Waals surface area contributed by atoms with E-state index in [0.29, 0.717) is 0 Å². The summed E-state index contributed by atoms with van der Waals surface area (Å²) in [4.78, 5) is 12.3. The summed E-state index contributed by atoms with van der Waals surface area (Å²) in [5.74, 6) is -0.198. The molecule has 2 rings (SSSR count). The van der Waals surface area contributed by atoms with E-state index in [9.17, 15) is 15.2 Å². The van der Waals surface area contributed by atoms with Gasteiger partial charge in [0.05, 0.1) is 18.7 Å². The zero-order chi connectivity index (χ0) is 15.2. The standard InChI is InChI=1S/C16H20N2O3/c1-21-14-9-5-8-12(15(14)19)16(20)18-13(10-17)11-6-3-2-4-7-11/h5,8-9,11,13,19H,2-4,6-7H2,1H3,(H,18,20). The van der Waals surface area contributed by atoms with Crippen LogP contribution in [0.2, 0.25) is 0 Å². The van der Waals surface area contributed by atoms with Gasteiger partial charge in [-0.1, -0.05) is 25.3 Å². The number of phenols is 1. The SMILES string of the molecule is COc1cccc(C(=O)NC(C#N)C2CCCCC2)c1O. The molecule has 0 aromatic heterocycles. The Labute approximate surface area is 124 Å². The van der Waals surface area contributed by atoms with Gasteiger partial charge in [-0.15, -0.1) is 0 Å². The van der Waals surface area contributed by atoms with Gasteiger partial charge >= 0.3 is 0 Å². The highest BCUT2D eigenvalue weighted by Crippen LogP contribution is 2.30. The van der Waals surface area contributed by atoms with E-state index in [2.05, 4.69) is 11.4 Å². The molecule has 0 saturated heterocycles. The summed E-state index contributed by atoms with van der Waals surface area (Å²) in [6, 6.07) is 6.39. The quantitative estimate of drug-likeness (QED) is 0.892. The molecular formula is C16H20N2O3. The van der Waals surface area contributed by atoms with Gasteiger partial charge in [-0.25, -0.2) is 0 Å². The van der Waals surface area contributed by atoms with Crippen LogP contribution in [0, 0.1) is 17.2 Å². The molecule has 5 heteroatoms. The number of carbonyl (C=O) groups excluding carboxylic acids is 1. The fraction of sp³-hybridized carbons (Fsp3) is 0.500. The van der Waals surface area contributed by atoms with Crippen molar-refractivity contribution in [3.63, 3.8) is 0 Å². The highest BCUT2D eigenvalue weighted by atomic mass is 16.5. The Hall–Kier alpha value is -2.22. The Morgan fingerprint density at radius 2 is 2.14 bits per heavy atom. The van der Waals surface area contributed by atoms with E-state index in [-0.39, 0.29) is 23.0 Å². The Bertz CT molecular complexity index is 545. The maximum Gasteiger partial charge on any atom is 0.256 e. The second kappa shape index (κ2) is 6.98. The summed E-state index contributed by atoms with van der Waals surface area (Å²) >= 11 is 0. The maximum absolute atomic E-state index is 12.3. The van der Waals surface area contributed by atoms with E-state index in [1.54, 1.807) is 12.1 Å². The summed E-state index contributed by atoms with van der Waals surface area (Å²) in [6.07, 6.45) is 5.32. The molecule has 112 valence electrons. The number of amides is 1. The lowest BCUT2D eigenvalue weighted by atomic mass is 9.84. The first kappa shape index (κ1) is 15.2. The summed E-state index contributed by atoms with van der Waals surface area (Å²) in [5.41, 5.74) is 0.130. The molecule has 0 radical (unpaired) electrons. The van der Waals surface area contributed by atoms with Gasteiger partial charge in [0.15, 0.2) is 11.5 Å². The van der Waals surface area contributed by atoms with Crippen molar-refractivity contribution in [1.29, 1.82) is 5.26 Å². The number of benzene rings is 1. The smallest absolute Gasteiger partial charge is 0.256 e. The van der Waals surface area contributed by atoms with Crippen LogP contribution >= 0.6 is 0 Å². The molecule has 5 nitrogen and oxygen atoms in total. The van der Waals surface area contributed by atoms with Crippen molar-refractivity contribution < 1.29 is 14.6 Å². The normalized spacial score (nSPS) is 16.8. The van der Waals surface area contributed by atoms with Crippen LogP contribution in [0.4, 0.5) is 0 Å². The number of rotatable bonds is 4. The van der Waals surface area contributed by atoms with Crippen LogP contribution in [-0.2, 0) is 0 Å². The molecule has 0 spiro atoms. The zero-order valence-corrected chi connectivity index (χ0v) is 12.1. The first-order valence-corrected chi connectivity index (χ1v) is 7.23. The average molecular weight is 288 g/mol. The van der Waals surface area contributed by atoms with Gasteiger partial charge in [-0.2, -0.15) is 5.26 Å². The third-order valence-electron chi connectivity index (χ3n) is 4.01. The summed E-state index contributed by atoms with van der Waals surface area (Å²) < 4.78 is 4.99. The molecule has 1 amide bonds. The first-order chi connectivity index (χ1) is 10.2. The largest absolute Gasteiger partial charge is 0.504 e. The fourth-order valence-corrected chi connectivity index (χ4v) is 2.81. The third kappa shape index (κ3) is 3.46. The molecule has 2 N–H and O–H groups in total. The molecular weight excluding hydrogens is 268 g/mol. The van der Waals surface area contributed by atoms with Crippen molar-refractivity contribution in [2.75, 3.05) is 7.11 Å². The van der Waals surface area contributed by atoms with Crippen molar-refractivity contribution in [1.82, 2.24) is 5.32 Å². The minimum absolute atomic E-state index is 0.130. The molecule has 1 aliphatic rings. The van der Waals surface area contributed by atoms with Gasteiger partial charge in [0.25, 0.3) is 5.91 Å². The number of hydrogen-bond donors (Lipinski definition) is 2. The molecule has 1 saturated carbocycles. The van der Waals surface area contributed by atoms with E-state index in [4.69, 9.17) is 4.74 Å². The highest BCUT2D eigenvalue weighted by molar-refractivity contribution is 5.98. The lowest BCUT2D eigenvalue weighted by Crippen LogP contribution is -2.40. The zero-order valence-electron chi connectivity index (χ0n) is 12.1. The molecule has 0 heterocycles. The van der Waals surface area contributed by atoms with E-state index < -0.39 is 11.9 Å². The van der Waals surface area contributed by atoms with Crippen molar-refractivity contribution >= 4 is 5.91 Å². The Morgan fingerprint density at radius 1 is 1.43 bits per heavy atom. The van der Waals surface area contributed by atoms with Crippen molar-refractivity contribution in [2.24, 2.45) is 5.92 Å². The minimum atomic E-state index is -0.511. The number of para-hydroxylation sites is 1. The van der Waals surface area contributed by atoms with Crippen molar-refractivity contribution in [3.05, 3.63) is 23.8 Å². The highest BCUT2D eigenvalue weighted by Gasteiger charge is 2.26. The van der Waals surface area contributed by atoms with Crippen LogP contribution in [0.1, 0.15) is 42.5 Å². The monoisotopic (exact) mass is 288 g/mol. The topological polar surface area (TPSA) is 82.3 Å². The van der Waals surface area contributed by atoms with E-state index in [1.165, 1.54) is 19.6 Å². The van der Waals surface area contributed by atoms with Crippen LogP contribution in [0.5, 0.6) is 11.5 Å². The molecule has 21 heavy (non-hydrogen) atoms.